The van der Waals surface area contributed by atoms with E-state index < -0.39 is 0 Å². The molecule has 0 spiro atoms. The topological polar surface area (TPSA) is 0 Å². The lowest BCUT2D eigenvalue weighted by Crippen LogP contribution is -1.79. The molecule has 0 fully saturated rings. The highest BCUT2D eigenvalue weighted by atomic mass is 14.0. The van der Waals surface area contributed by atoms with E-state index in [0.717, 1.165) is 0 Å². The molecule has 0 heteroatoms. The van der Waals surface area contributed by atoms with Crippen LogP contribution in [0.3, 0.4) is 0 Å². The predicted octanol–water partition coefficient (Wildman–Crippen LogP) is 3.14. The van der Waals surface area contributed by atoms with Gasteiger partial charge in [0.15, 0.2) is 0 Å². The Morgan fingerprint density at radius 2 is 1.38 bits per heavy atom. The Morgan fingerprint density at radius 1 is 1.00 bits per heavy atom. The van der Waals surface area contributed by atoms with Gasteiger partial charge in [0.05, 0.1) is 0 Å². The molecule has 48 valence electrons. The second-order valence-corrected chi connectivity index (χ2v) is 2.31. The summed E-state index contributed by atoms with van der Waals surface area (Å²) in [4.78, 5) is 0. The maximum Gasteiger partial charge on any atom is -0.0347 e. The maximum absolute atomic E-state index is 2.21. The number of hydrogen-bond donors (Lipinski definition) is 0. The van der Waals surface area contributed by atoms with Crippen LogP contribution in [0.5, 0.6) is 0 Å². The van der Waals surface area contributed by atoms with Crippen LogP contribution >= 0.6 is 0 Å². The van der Waals surface area contributed by atoms with Crippen molar-refractivity contribution in [2.75, 3.05) is 0 Å². The van der Waals surface area contributed by atoms with E-state index in [1.54, 1.807) is 5.57 Å². The average Bonchev–Trinajstić information content (AvgIpc) is 1.69. The average molecular weight is 112 g/mol. The normalized spacial score (nSPS) is 9.00. The molecule has 0 radical (unpaired) electrons. The van der Waals surface area contributed by atoms with Crippen LogP contribution < -0.4 is 0 Å². The van der Waals surface area contributed by atoms with Crippen LogP contribution in [-0.4, -0.2) is 0 Å². The highest BCUT2D eigenvalue weighted by molar-refractivity contribution is 5.07. The summed E-state index contributed by atoms with van der Waals surface area (Å²) in [5.41, 5.74) is 3.10. The first-order valence-corrected chi connectivity index (χ1v) is 3.37. The molecule has 0 saturated carbocycles. The molecule has 0 aliphatic heterocycles. The van der Waals surface area contributed by atoms with E-state index in [0.29, 0.717) is 0 Å². The smallest absolute Gasteiger partial charge is 0.0347 e. The fourth-order valence-electron chi connectivity index (χ4n) is 0.957. The molecule has 0 nitrogen and oxygen atoms in total. The zero-order chi connectivity index (χ0) is 6.57. The van der Waals surface area contributed by atoms with Gasteiger partial charge in [-0.15, -0.1) is 0 Å². The zero-order valence-electron chi connectivity index (χ0n) is 6.41. The van der Waals surface area contributed by atoms with Crippen molar-refractivity contribution in [1.29, 1.82) is 0 Å². The Labute approximate surface area is 52.6 Å². The van der Waals surface area contributed by atoms with Crippen molar-refractivity contribution in [2.45, 2.75) is 40.5 Å². The molecule has 0 bridgehead atoms. The first-order valence-electron chi connectivity index (χ1n) is 3.37. The third-order valence-electron chi connectivity index (χ3n) is 1.56. The summed E-state index contributed by atoms with van der Waals surface area (Å²) < 4.78 is 0. The van der Waals surface area contributed by atoms with Crippen LogP contribution in [0.2, 0.25) is 0 Å². The number of allylic oxidation sites excluding steroid dienone is 2. The molecule has 0 unspecified atom stereocenters. The van der Waals surface area contributed by atoms with Gasteiger partial charge >= 0.3 is 0 Å². The van der Waals surface area contributed by atoms with Gasteiger partial charge in [-0.2, -0.15) is 0 Å². The van der Waals surface area contributed by atoms with Crippen molar-refractivity contribution in [3.05, 3.63) is 11.1 Å². The van der Waals surface area contributed by atoms with Gasteiger partial charge in [-0.3, -0.25) is 0 Å². The van der Waals surface area contributed by atoms with E-state index in [1.165, 1.54) is 18.4 Å². The summed E-state index contributed by atoms with van der Waals surface area (Å²) in [5, 5.41) is 0. The van der Waals surface area contributed by atoms with Crippen LogP contribution in [0.4, 0.5) is 0 Å². The van der Waals surface area contributed by atoms with Gasteiger partial charge in [0.1, 0.15) is 0 Å². The van der Waals surface area contributed by atoms with Gasteiger partial charge in [0, 0.05) is 0 Å². The second kappa shape index (κ2) is 3.71. The summed E-state index contributed by atoms with van der Waals surface area (Å²) >= 11 is 0. The Hall–Kier alpha value is -0.260. The Morgan fingerprint density at radius 3 is 1.38 bits per heavy atom. The molecule has 8 heavy (non-hydrogen) atoms. The lowest BCUT2D eigenvalue weighted by atomic mass is 10.1. The Balaban J connectivity index is 3.86. The molecule has 0 amide bonds. The van der Waals surface area contributed by atoms with Gasteiger partial charge in [0.2, 0.25) is 0 Å². The third-order valence-corrected chi connectivity index (χ3v) is 1.56. The first-order chi connectivity index (χ1) is 3.72. The molecule has 0 saturated heterocycles. The van der Waals surface area contributed by atoms with Gasteiger partial charge in [0.25, 0.3) is 0 Å². The van der Waals surface area contributed by atoms with Crippen LogP contribution in [0.1, 0.15) is 40.5 Å². The number of rotatable bonds is 2. The summed E-state index contributed by atoms with van der Waals surface area (Å²) in [6.45, 7) is 8.79. The highest BCUT2D eigenvalue weighted by Crippen LogP contribution is 2.10. The summed E-state index contributed by atoms with van der Waals surface area (Å²) in [6.07, 6.45) is 2.44. The lowest BCUT2D eigenvalue weighted by molar-refractivity contribution is 0.945. The monoisotopic (exact) mass is 112 g/mol. The van der Waals surface area contributed by atoms with Crippen LogP contribution in [-0.2, 0) is 0 Å². The maximum atomic E-state index is 2.21. The molecular formula is C8H16. The molecule has 0 aliphatic rings. The molecule has 0 N–H and O–H groups in total. The van der Waals surface area contributed by atoms with Crippen LogP contribution in [0, 0.1) is 0 Å². The zero-order valence-corrected chi connectivity index (χ0v) is 6.41. The van der Waals surface area contributed by atoms with Gasteiger partial charge < -0.3 is 0 Å². The fraction of sp³-hybridized carbons (Fsp3) is 0.750. The molecule has 0 heterocycles. The van der Waals surface area contributed by atoms with Crippen molar-refractivity contribution in [3.8, 4) is 0 Å². The Kier molecular flexibility index (Phi) is 3.59. The Bertz CT molecular complexity index is 78.2. The van der Waals surface area contributed by atoms with Crippen molar-refractivity contribution < 1.29 is 0 Å². The molecule has 0 aliphatic carbocycles. The SMILES string of the molecule is CCC(CC)=C(C)C. The van der Waals surface area contributed by atoms with Crippen LogP contribution in [0.25, 0.3) is 0 Å². The summed E-state index contributed by atoms with van der Waals surface area (Å²) in [6, 6.07) is 0. The van der Waals surface area contributed by atoms with Crippen molar-refractivity contribution in [3.63, 3.8) is 0 Å². The summed E-state index contributed by atoms with van der Waals surface area (Å²) in [7, 11) is 0. The van der Waals surface area contributed by atoms with E-state index in [2.05, 4.69) is 27.7 Å². The lowest BCUT2D eigenvalue weighted by Gasteiger charge is -2.00. The van der Waals surface area contributed by atoms with E-state index in [1.807, 2.05) is 0 Å². The standard InChI is InChI=1S/C8H16/c1-5-8(6-2)7(3)4/h5-6H2,1-4H3. The van der Waals surface area contributed by atoms with E-state index in [9.17, 15) is 0 Å². The summed E-state index contributed by atoms with van der Waals surface area (Å²) in [5.74, 6) is 0. The quantitative estimate of drug-likeness (QED) is 0.481. The van der Waals surface area contributed by atoms with Gasteiger partial charge in [-0.1, -0.05) is 25.0 Å². The minimum atomic E-state index is 1.22. The first kappa shape index (κ1) is 7.74. The van der Waals surface area contributed by atoms with Gasteiger partial charge in [-0.05, 0) is 26.7 Å². The van der Waals surface area contributed by atoms with Crippen molar-refractivity contribution in [2.24, 2.45) is 0 Å². The molecule has 0 aromatic rings. The van der Waals surface area contributed by atoms with Gasteiger partial charge in [-0.25, -0.2) is 0 Å². The highest BCUT2D eigenvalue weighted by Gasteiger charge is 1.89. The molecule has 0 aromatic carbocycles. The van der Waals surface area contributed by atoms with Crippen molar-refractivity contribution >= 4 is 0 Å². The van der Waals surface area contributed by atoms with E-state index in [4.69, 9.17) is 0 Å². The minimum absolute atomic E-state index is 1.22. The van der Waals surface area contributed by atoms with E-state index in [-0.39, 0.29) is 0 Å². The fourth-order valence-corrected chi connectivity index (χ4v) is 0.957. The molecule has 0 rings (SSSR count). The minimum Gasteiger partial charge on any atom is -0.0773 e. The largest absolute Gasteiger partial charge is 0.0773 e. The van der Waals surface area contributed by atoms with E-state index >= 15 is 0 Å². The third kappa shape index (κ3) is 2.15. The van der Waals surface area contributed by atoms with Crippen LogP contribution in [0.15, 0.2) is 11.1 Å². The molecular weight excluding hydrogens is 96.1 g/mol. The molecule has 0 aromatic heterocycles. The second-order valence-electron chi connectivity index (χ2n) is 2.31. The predicted molar refractivity (Wildman–Crippen MR) is 39.0 cm³/mol. The van der Waals surface area contributed by atoms with Crippen molar-refractivity contribution in [1.82, 2.24) is 0 Å². The number of hydrogen-bond acceptors (Lipinski definition) is 0. The molecule has 0 atom stereocenters.